The number of carbonyl (C=O) groups excluding carboxylic acids is 1. The molecule has 1 aliphatic carbocycles. The van der Waals surface area contributed by atoms with Crippen LogP contribution in [0.1, 0.15) is 54.6 Å². The lowest BCUT2D eigenvalue weighted by Crippen LogP contribution is -2.43. The number of hydrogen-bond acceptors (Lipinski definition) is 3. The lowest BCUT2D eigenvalue weighted by Gasteiger charge is -2.35. The SMILES string of the molecule is Cc1cc(C)c(NC(=O)N(Cc2ccc(Oc3ccc(F)cc3)cc2)C2CCCCC2)c(C)n1. The summed E-state index contributed by atoms with van der Waals surface area (Å²) in [5.74, 6) is 0.950. The summed E-state index contributed by atoms with van der Waals surface area (Å²) in [6.07, 6.45) is 5.54. The van der Waals surface area contributed by atoms with Gasteiger partial charge in [0, 0.05) is 18.3 Å². The van der Waals surface area contributed by atoms with E-state index in [4.69, 9.17) is 4.74 Å². The first kappa shape index (κ1) is 23.7. The molecule has 0 unspecified atom stereocenters. The predicted octanol–water partition coefficient (Wildman–Crippen LogP) is 7.31. The number of amides is 2. The number of rotatable bonds is 6. The fraction of sp³-hybridized carbons (Fsp3) is 0.357. The highest BCUT2D eigenvalue weighted by atomic mass is 19.1. The van der Waals surface area contributed by atoms with E-state index in [1.54, 1.807) is 12.1 Å². The summed E-state index contributed by atoms with van der Waals surface area (Å²) >= 11 is 0. The molecule has 2 aromatic carbocycles. The van der Waals surface area contributed by atoms with Gasteiger partial charge in [-0.2, -0.15) is 0 Å². The average Bonchev–Trinajstić information content (AvgIpc) is 2.83. The molecule has 0 saturated heterocycles. The van der Waals surface area contributed by atoms with E-state index in [1.807, 2.05) is 56.0 Å². The molecule has 1 aliphatic rings. The van der Waals surface area contributed by atoms with Gasteiger partial charge in [0.05, 0.1) is 11.4 Å². The summed E-state index contributed by atoms with van der Waals surface area (Å²) in [5.41, 5.74) is 4.61. The van der Waals surface area contributed by atoms with E-state index >= 15 is 0 Å². The van der Waals surface area contributed by atoms with Crippen molar-refractivity contribution in [1.29, 1.82) is 0 Å². The van der Waals surface area contributed by atoms with Gasteiger partial charge in [0.2, 0.25) is 0 Å². The van der Waals surface area contributed by atoms with Gasteiger partial charge in [-0.25, -0.2) is 9.18 Å². The third-order valence-electron chi connectivity index (χ3n) is 6.36. The van der Waals surface area contributed by atoms with Gasteiger partial charge in [-0.1, -0.05) is 31.4 Å². The van der Waals surface area contributed by atoms with Gasteiger partial charge in [0.1, 0.15) is 17.3 Å². The number of nitrogens with zero attached hydrogens (tertiary/aromatic N) is 2. The molecule has 4 rings (SSSR count). The molecule has 0 spiro atoms. The third kappa shape index (κ3) is 5.93. The van der Waals surface area contributed by atoms with Gasteiger partial charge in [-0.15, -0.1) is 0 Å². The van der Waals surface area contributed by atoms with Crippen LogP contribution in [0.4, 0.5) is 14.9 Å². The smallest absolute Gasteiger partial charge is 0.322 e. The van der Waals surface area contributed by atoms with E-state index in [1.165, 1.54) is 18.6 Å². The number of carbonyl (C=O) groups is 1. The molecule has 1 N–H and O–H groups in total. The van der Waals surface area contributed by atoms with Gasteiger partial charge in [-0.3, -0.25) is 4.98 Å². The maximum absolute atomic E-state index is 13.5. The fourth-order valence-electron chi connectivity index (χ4n) is 4.65. The number of aromatic nitrogens is 1. The van der Waals surface area contributed by atoms with Crippen LogP contribution in [0.15, 0.2) is 54.6 Å². The Morgan fingerprint density at radius 3 is 2.24 bits per heavy atom. The van der Waals surface area contributed by atoms with Crippen molar-refractivity contribution in [2.24, 2.45) is 0 Å². The van der Waals surface area contributed by atoms with Crippen LogP contribution < -0.4 is 10.1 Å². The second-order valence-electron chi connectivity index (χ2n) is 9.09. The second-order valence-corrected chi connectivity index (χ2v) is 9.09. The summed E-state index contributed by atoms with van der Waals surface area (Å²) in [6.45, 7) is 6.41. The van der Waals surface area contributed by atoms with Crippen molar-refractivity contribution >= 4 is 11.7 Å². The van der Waals surface area contributed by atoms with Gasteiger partial charge < -0.3 is 15.0 Å². The van der Waals surface area contributed by atoms with E-state index in [9.17, 15) is 9.18 Å². The standard InChI is InChI=1S/C28H32FN3O2/c1-19-17-20(2)30-21(3)27(19)31-28(33)32(24-7-5-4-6-8-24)18-22-9-13-25(14-10-22)34-26-15-11-23(29)12-16-26/h9-17,24H,4-8,18H2,1-3H3,(H,31,33). The molecule has 0 radical (unpaired) electrons. The number of nitrogens with one attached hydrogen (secondary N) is 1. The lowest BCUT2D eigenvalue weighted by molar-refractivity contribution is 0.162. The molecule has 34 heavy (non-hydrogen) atoms. The Morgan fingerprint density at radius 2 is 1.62 bits per heavy atom. The summed E-state index contributed by atoms with van der Waals surface area (Å²) in [4.78, 5) is 20.0. The van der Waals surface area contributed by atoms with Crippen LogP contribution in [0.25, 0.3) is 0 Å². The minimum atomic E-state index is -0.296. The number of pyridine rings is 1. The van der Waals surface area contributed by atoms with Crippen LogP contribution in [0, 0.1) is 26.6 Å². The molecular weight excluding hydrogens is 429 g/mol. The van der Waals surface area contributed by atoms with Crippen LogP contribution in [-0.4, -0.2) is 22.0 Å². The highest BCUT2D eigenvalue weighted by Crippen LogP contribution is 2.28. The minimum Gasteiger partial charge on any atom is -0.457 e. The van der Waals surface area contributed by atoms with E-state index < -0.39 is 0 Å². The van der Waals surface area contributed by atoms with Gasteiger partial charge in [0.15, 0.2) is 0 Å². The lowest BCUT2D eigenvalue weighted by atomic mass is 9.94. The monoisotopic (exact) mass is 461 g/mol. The topological polar surface area (TPSA) is 54.5 Å². The zero-order valence-electron chi connectivity index (χ0n) is 20.1. The molecule has 0 atom stereocenters. The first-order valence-corrected chi connectivity index (χ1v) is 11.9. The number of benzene rings is 2. The molecule has 1 fully saturated rings. The predicted molar refractivity (Wildman–Crippen MR) is 133 cm³/mol. The zero-order valence-corrected chi connectivity index (χ0v) is 20.1. The van der Waals surface area contributed by atoms with E-state index in [0.717, 1.165) is 53.9 Å². The van der Waals surface area contributed by atoms with Crippen molar-refractivity contribution in [3.8, 4) is 11.5 Å². The number of anilines is 1. The number of aryl methyl sites for hydroxylation is 3. The highest BCUT2D eigenvalue weighted by Gasteiger charge is 2.26. The zero-order chi connectivity index (χ0) is 24.1. The molecular formula is C28H32FN3O2. The molecule has 178 valence electrons. The van der Waals surface area contributed by atoms with Crippen molar-refractivity contribution in [2.75, 3.05) is 5.32 Å². The van der Waals surface area contributed by atoms with Crippen molar-refractivity contribution in [3.05, 3.63) is 82.9 Å². The van der Waals surface area contributed by atoms with Crippen molar-refractivity contribution in [1.82, 2.24) is 9.88 Å². The minimum absolute atomic E-state index is 0.0876. The first-order chi connectivity index (χ1) is 16.4. The maximum atomic E-state index is 13.5. The largest absolute Gasteiger partial charge is 0.457 e. The van der Waals surface area contributed by atoms with Crippen molar-refractivity contribution in [2.45, 2.75) is 65.5 Å². The molecule has 0 aliphatic heterocycles. The number of hydrogen-bond donors (Lipinski definition) is 1. The van der Waals surface area contributed by atoms with Crippen LogP contribution in [0.3, 0.4) is 0 Å². The maximum Gasteiger partial charge on any atom is 0.322 e. The van der Waals surface area contributed by atoms with Crippen molar-refractivity contribution < 1.29 is 13.9 Å². The molecule has 2 amide bonds. The normalized spacial score (nSPS) is 14.0. The Balaban J connectivity index is 1.50. The summed E-state index contributed by atoms with van der Waals surface area (Å²) in [7, 11) is 0. The number of halogens is 1. The Labute approximate surface area is 201 Å². The van der Waals surface area contributed by atoms with Gasteiger partial charge >= 0.3 is 6.03 Å². The highest BCUT2D eigenvalue weighted by molar-refractivity contribution is 5.91. The molecule has 1 heterocycles. The molecule has 1 aromatic heterocycles. The Hall–Kier alpha value is -3.41. The quantitative estimate of drug-likeness (QED) is 0.419. The molecule has 6 heteroatoms. The molecule has 3 aromatic rings. The summed E-state index contributed by atoms with van der Waals surface area (Å²) < 4.78 is 18.9. The van der Waals surface area contributed by atoms with Crippen LogP contribution in [0.5, 0.6) is 11.5 Å². The Morgan fingerprint density at radius 1 is 1.00 bits per heavy atom. The summed E-state index contributed by atoms with van der Waals surface area (Å²) in [5, 5.41) is 3.14. The fourth-order valence-corrected chi connectivity index (χ4v) is 4.65. The second kappa shape index (κ2) is 10.7. The van der Waals surface area contributed by atoms with Crippen LogP contribution >= 0.6 is 0 Å². The van der Waals surface area contributed by atoms with Crippen molar-refractivity contribution in [3.63, 3.8) is 0 Å². The van der Waals surface area contributed by atoms with E-state index in [0.29, 0.717) is 18.0 Å². The molecule has 0 bridgehead atoms. The van der Waals surface area contributed by atoms with Gasteiger partial charge in [-0.05, 0) is 87.2 Å². The van der Waals surface area contributed by atoms with Gasteiger partial charge in [0.25, 0.3) is 0 Å². The average molecular weight is 462 g/mol. The molecule has 1 saturated carbocycles. The third-order valence-corrected chi connectivity index (χ3v) is 6.36. The van der Waals surface area contributed by atoms with E-state index in [2.05, 4.69) is 10.3 Å². The number of ether oxygens (including phenoxy) is 1. The number of urea groups is 1. The molecule has 5 nitrogen and oxygen atoms in total. The van der Waals surface area contributed by atoms with E-state index in [-0.39, 0.29) is 17.9 Å². The Bertz CT molecular complexity index is 1100. The summed E-state index contributed by atoms with van der Waals surface area (Å²) in [6, 6.07) is 15.8. The van der Waals surface area contributed by atoms with Crippen LogP contribution in [0.2, 0.25) is 0 Å². The van der Waals surface area contributed by atoms with Crippen LogP contribution in [-0.2, 0) is 6.54 Å². The Kier molecular flexibility index (Phi) is 7.46. The first-order valence-electron chi connectivity index (χ1n) is 11.9.